The Labute approximate surface area is 118 Å². The zero-order chi connectivity index (χ0) is 14.9. The first-order valence-corrected chi connectivity index (χ1v) is 7.07. The Morgan fingerprint density at radius 3 is 2.40 bits per heavy atom. The first kappa shape index (κ1) is 14.8. The van der Waals surface area contributed by atoms with Gasteiger partial charge >= 0.3 is 5.69 Å². The monoisotopic (exact) mass is 281 g/mol. The van der Waals surface area contributed by atoms with E-state index in [9.17, 15) is 9.59 Å². The smallest absolute Gasteiger partial charge is 0.325 e. The van der Waals surface area contributed by atoms with Crippen LogP contribution in [0, 0.1) is 13.8 Å². The van der Waals surface area contributed by atoms with Crippen molar-refractivity contribution in [3.05, 3.63) is 21.9 Å². The number of H-pyrrole nitrogens is 1. The third kappa shape index (κ3) is 3.12. The van der Waals surface area contributed by atoms with Crippen molar-refractivity contribution in [2.45, 2.75) is 52.9 Å². The van der Waals surface area contributed by atoms with Crippen LogP contribution < -0.4 is 5.69 Å². The molecule has 2 unspecified atom stereocenters. The highest BCUT2D eigenvalue weighted by molar-refractivity contribution is 5.76. The molecule has 1 saturated heterocycles. The average molecular weight is 281 g/mol. The Hall–Kier alpha value is -1.56. The molecule has 0 radical (unpaired) electrons. The molecule has 1 aromatic rings. The summed E-state index contributed by atoms with van der Waals surface area (Å²) in [5.41, 5.74) is 1.61. The number of carbonyl (C=O) groups is 1. The molecule has 0 bridgehead atoms. The number of nitrogens with one attached hydrogen (secondary N) is 1. The van der Waals surface area contributed by atoms with E-state index < -0.39 is 0 Å². The number of aromatic amines is 1. The Kier molecular flexibility index (Phi) is 4.32. The van der Waals surface area contributed by atoms with Crippen LogP contribution in [0.4, 0.5) is 0 Å². The summed E-state index contributed by atoms with van der Waals surface area (Å²) in [6.07, 6.45) is 0.487. The fourth-order valence-corrected chi connectivity index (χ4v) is 2.69. The summed E-state index contributed by atoms with van der Waals surface area (Å²) in [5, 5.41) is 0. The van der Waals surface area contributed by atoms with Crippen molar-refractivity contribution in [1.82, 2.24) is 14.5 Å². The molecule has 1 aliphatic rings. The van der Waals surface area contributed by atoms with E-state index in [-0.39, 0.29) is 23.8 Å². The lowest BCUT2D eigenvalue weighted by molar-refractivity contribution is -0.143. The number of nitrogens with zero attached hydrogens (tertiary/aromatic N) is 2. The van der Waals surface area contributed by atoms with Gasteiger partial charge in [0.2, 0.25) is 5.91 Å². The Morgan fingerprint density at radius 1 is 1.30 bits per heavy atom. The summed E-state index contributed by atoms with van der Waals surface area (Å²) in [7, 11) is 0. The largest absolute Gasteiger partial charge is 0.372 e. The standard InChI is InChI=1S/C14H23N3O3/c1-9-7-16(8-10(2)20-9)13(18)5-6-17-12(4)11(3)15-14(17)19/h9-10H,5-8H2,1-4H3,(H,15,19). The first-order chi connectivity index (χ1) is 9.38. The molecular formula is C14H23N3O3. The number of ether oxygens (including phenoxy) is 1. The van der Waals surface area contributed by atoms with Crippen LogP contribution in [0.1, 0.15) is 31.7 Å². The highest BCUT2D eigenvalue weighted by atomic mass is 16.5. The molecule has 1 fully saturated rings. The van der Waals surface area contributed by atoms with Gasteiger partial charge in [-0.15, -0.1) is 0 Å². The van der Waals surface area contributed by atoms with Crippen molar-refractivity contribution in [2.75, 3.05) is 13.1 Å². The highest BCUT2D eigenvalue weighted by Crippen LogP contribution is 2.12. The molecule has 0 aromatic carbocycles. The lowest BCUT2D eigenvalue weighted by Gasteiger charge is -2.35. The molecule has 2 heterocycles. The maximum absolute atomic E-state index is 12.2. The molecular weight excluding hydrogens is 258 g/mol. The minimum absolute atomic E-state index is 0.0710. The van der Waals surface area contributed by atoms with Crippen LogP contribution in [0.25, 0.3) is 0 Å². The van der Waals surface area contributed by atoms with Crippen LogP contribution in [0.2, 0.25) is 0 Å². The van der Waals surface area contributed by atoms with Crippen LogP contribution >= 0.6 is 0 Å². The SMILES string of the molecule is Cc1[nH]c(=O)n(CCC(=O)N2CC(C)OC(C)C2)c1C. The molecule has 1 aromatic heterocycles. The van der Waals surface area contributed by atoms with E-state index in [4.69, 9.17) is 4.74 Å². The maximum atomic E-state index is 12.2. The van der Waals surface area contributed by atoms with Gasteiger partial charge in [0.15, 0.2) is 0 Å². The van der Waals surface area contributed by atoms with E-state index >= 15 is 0 Å². The van der Waals surface area contributed by atoms with E-state index in [1.807, 2.05) is 32.6 Å². The number of hydrogen-bond acceptors (Lipinski definition) is 3. The number of aryl methyl sites for hydroxylation is 1. The predicted molar refractivity (Wildman–Crippen MR) is 75.7 cm³/mol. The lowest BCUT2D eigenvalue weighted by Crippen LogP contribution is -2.48. The van der Waals surface area contributed by atoms with E-state index in [1.165, 1.54) is 0 Å². The van der Waals surface area contributed by atoms with Crippen molar-refractivity contribution >= 4 is 5.91 Å². The molecule has 2 atom stereocenters. The van der Waals surface area contributed by atoms with E-state index in [0.717, 1.165) is 11.4 Å². The van der Waals surface area contributed by atoms with Crippen molar-refractivity contribution in [1.29, 1.82) is 0 Å². The van der Waals surface area contributed by atoms with Gasteiger partial charge in [-0.3, -0.25) is 9.36 Å². The minimum atomic E-state index is -0.142. The molecule has 0 aliphatic carbocycles. The van der Waals surface area contributed by atoms with Gasteiger partial charge in [-0.05, 0) is 27.7 Å². The lowest BCUT2D eigenvalue weighted by atomic mass is 10.2. The third-order valence-electron chi connectivity index (χ3n) is 3.81. The van der Waals surface area contributed by atoms with Crippen LogP contribution in [0.15, 0.2) is 4.79 Å². The molecule has 1 amide bonds. The van der Waals surface area contributed by atoms with Gasteiger partial charge in [0.05, 0.1) is 12.2 Å². The Balaban J connectivity index is 1.97. The molecule has 2 rings (SSSR count). The second-order valence-electron chi connectivity index (χ2n) is 5.60. The maximum Gasteiger partial charge on any atom is 0.325 e. The number of imidazole rings is 1. The quantitative estimate of drug-likeness (QED) is 0.892. The van der Waals surface area contributed by atoms with Gasteiger partial charge in [-0.2, -0.15) is 0 Å². The van der Waals surface area contributed by atoms with E-state index in [2.05, 4.69) is 4.98 Å². The van der Waals surface area contributed by atoms with Crippen LogP contribution in [-0.2, 0) is 16.1 Å². The van der Waals surface area contributed by atoms with Crippen molar-refractivity contribution < 1.29 is 9.53 Å². The molecule has 1 aliphatic heterocycles. The van der Waals surface area contributed by atoms with Gasteiger partial charge in [0.1, 0.15) is 0 Å². The van der Waals surface area contributed by atoms with Crippen molar-refractivity contribution in [3.63, 3.8) is 0 Å². The summed E-state index contributed by atoms with van der Waals surface area (Å²) in [6, 6.07) is 0. The van der Waals surface area contributed by atoms with Gasteiger partial charge < -0.3 is 14.6 Å². The molecule has 6 nitrogen and oxygen atoms in total. The minimum Gasteiger partial charge on any atom is -0.372 e. The topological polar surface area (TPSA) is 67.3 Å². The summed E-state index contributed by atoms with van der Waals surface area (Å²) >= 11 is 0. The van der Waals surface area contributed by atoms with Crippen LogP contribution in [0.3, 0.4) is 0 Å². The second kappa shape index (κ2) is 5.83. The summed E-state index contributed by atoms with van der Waals surface area (Å²) in [6.45, 7) is 9.37. The molecule has 112 valence electrons. The fraction of sp³-hybridized carbons (Fsp3) is 0.714. The molecule has 0 saturated carbocycles. The fourth-order valence-electron chi connectivity index (χ4n) is 2.69. The number of morpholine rings is 1. The van der Waals surface area contributed by atoms with E-state index in [0.29, 0.717) is 26.1 Å². The van der Waals surface area contributed by atoms with Crippen molar-refractivity contribution in [2.24, 2.45) is 0 Å². The molecule has 0 spiro atoms. The number of aromatic nitrogens is 2. The number of rotatable bonds is 3. The number of amides is 1. The zero-order valence-electron chi connectivity index (χ0n) is 12.6. The predicted octanol–water partition coefficient (Wildman–Crippen LogP) is 0.819. The Bertz CT molecular complexity index is 536. The summed E-state index contributed by atoms with van der Waals surface area (Å²) < 4.78 is 7.24. The van der Waals surface area contributed by atoms with Gasteiger partial charge in [0.25, 0.3) is 0 Å². The van der Waals surface area contributed by atoms with Gasteiger partial charge in [-0.25, -0.2) is 4.79 Å². The zero-order valence-corrected chi connectivity index (χ0v) is 12.6. The second-order valence-corrected chi connectivity index (χ2v) is 5.60. The molecule has 6 heteroatoms. The molecule has 1 N–H and O–H groups in total. The van der Waals surface area contributed by atoms with Gasteiger partial charge in [-0.1, -0.05) is 0 Å². The highest BCUT2D eigenvalue weighted by Gasteiger charge is 2.25. The Morgan fingerprint density at radius 2 is 1.90 bits per heavy atom. The van der Waals surface area contributed by atoms with Crippen LogP contribution in [-0.4, -0.2) is 45.7 Å². The number of hydrogen-bond donors (Lipinski definition) is 1. The summed E-state index contributed by atoms with van der Waals surface area (Å²) in [4.78, 5) is 28.5. The van der Waals surface area contributed by atoms with Crippen LogP contribution in [0.5, 0.6) is 0 Å². The average Bonchev–Trinajstić information content (AvgIpc) is 2.60. The first-order valence-electron chi connectivity index (χ1n) is 7.07. The normalized spacial score (nSPS) is 23.1. The number of carbonyl (C=O) groups excluding carboxylic acids is 1. The molecule has 20 heavy (non-hydrogen) atoms. The third-order valence-corrected chi connectivity index (χ3v) is 3.81. The van der Waals surface area contributed by atoms with Gasteiger partial charge in [0, 0.05) is 37.4 Å². The van der Waals surface area contributed by atoms with E-state index in [1.54, 1.807) is 4.57 Å². The summed E-state index contributed by atoms with van der Waals surface area (Å²) in [5.74, 6) is 0.0807. The van der Waals surface area contributed by atoms with Crippen molar-refractivity contribution in [3.8, 4) is 0 Å².